The van der Waals surface area contributed by atoms with Gasteiger partial charge in [-0.25, -0.2) is 9.97 Å². The Labute approximate surface area is 108 Å². The van der Waals surface area contributed by atoms with E-state index in [1.54, 1.807) is 0 Å². The maximum Gasteiger partial charge on any atom is 0.138 e. The summed E-state index contributed by atoms with van der Waals surface area (Å²) in [5.74, 6) is 1.90. The topological polar surface area (TPSA) is 51.8 Å². The molecule has 2 rings (SSSR count). The molecule has 0 aliphatic heterocycles. The maximum absolute atomic E-state index is 5.78. The number of aromatic nitrogens is 2. The number of thioether (sulfide) groups is 1. The molecule has 0 bridgehead atoms. The third-order valence-corrected chi connectivity index (χ3v) is 4.41. The van der Waals surface area contributed by atoms with Crippen molar-refractivity contribution in [2.75, 3.05) is 0 Å². The maximum atomic E-state index is 5.78. The summed E-state index contributed by atoms with van der Waals surface area (Å²) in [7, 11) is 0. The molecule has 1 aliphatic carbocycles. The largest absolute Gasteiger partial charge is 0.328 e. The van der Waals surface area contributed by atoms with Crippen molar-refractivity contribution in [2.24, 2.45) is 5.73 Å². The Balaban J connectivity index is 1.86. The van der Waals surface area contributed by atoms with Crippen LogP contribution in [0.15, 0.2) is 12.3 Å². The van der Waals surface area contributed by atoms with Crippen LogP contribution in [0.1, 0.15) is 44.1 Å². The van der Waals surface area contributed by atoms with Crippen LogP contribution in [0.4, 0.5) is 0 Å². The van der Waals surface area contributed by atoms with Crippen molar-refractivity contribution in [2.45, 2.75) is 56.1 Å². The Hall–Kier alpha value is -0.610. The van der Waals surface area contributed by atoms with Gasteiger partial charge < -0.3 is 5.73 Å². The number of rotatable bonds is 5. The van der Waals surface area contributed by atoms with E-state index in [0.717, 1.165) is 28.9 Å². The summed E-state index contributed by atoms with van der Waals surface area (Å²) in [5, 5.41) is 0.829. The highest BCUT2D eigenvalue weighted by molar-refractivity contribution is 7.99. The smallest absolute Gasteiger partial charge is 0.138 e. The summed E-state index contributed by atoms with van der Waals surface area (Å²) in [6.07, 6.45) is 8.21. The molecule has 1 aromatic heterocycles. The summed E-state index contributed by atoms with van der Waals surface area (Å²) >= 11 is 2.01. The molecule has 1 saturated carbocycles. The van der Waals surface area contributed by atoms with E-state index < -0.39 is 0 Å². The van der Waals surface area contributed by atoms with Gasteiger partial charge in [-0.3, -0.25) is 0 Å². The SMILES string of the molecule is CC(N)Cc1ccnc(CSC2CCCC2)n1. The first-order valence-electron chi connectivity index (χ1n) is 6.42. The van der Waals surface area contributed by atoms with Crippen molar-refractivity contribution in [3.8, 4) is 0 Å². The number of nitrogens with two attached hydrogens (primary N) is 1. The van der Waals surface area contributed by atoms with Crippen molar-refractivity contribution in [3.63, 3.8) is 0 Å². The normalized spacial score (nSPS) is 18.5. The van der Waals surface area contributed by atoms with E-state index in [1.807, 2.05) is 30.9 Å². The predicted molar refractivity (Wildman–Crippen MR) is 72.9 cm³/mol. The summed E-state index contributed by atoms with van der Waals surface area (Å²) in [5.41, 5.74) is 6.85. The summed E-state index contributed by atoms with van der Waals surface area (Å²) in [6, 6.07) is 2.13. The summed E-state index contributed by atoms with van der Waals surface area (Å²) in [6.45, 7) is 2.01. The van der Waals surface area contributed by atoms with Gasteiger partial charge in [0.05, 0.1) is 5.75 Å². The minimum atomic E-state index is 0.167. The fraction of sp³-hybridized carbons (Fsp3) is 0.692. The van der Waals surface area contributed by atoms with E-state index in [-0.39, 0.29) is 6.04 Å². The Morgan fingerprint density at radius 3 is 2.94 bits per heavy atom. The van der Waals surface area contributed by atoms with Crippen LogP contribution in [0.2, 0.25) is 0 Å². The van der Waals surface area contributed by atoms with Gasteiger partial charge in [0.1, 0.15) is 5.82 Å². The highest BCUT2D eigenvalue weighted by Gasteiger charge is 2.15. The first-order valence-corrected chi connectivity index (χ1v) is 7.47. The Kier molecular flexibility index (Phi) is 4.80. The van der Waals surface area contributed by atoms with Crippen molar-refractivity contribution in [1.29, 1.82) is 0 Å². The van der Waals surface area contributed by atoms with Crippen molar-refractivity contribution >= 4 is 11.8 Å². The van der Waals surface area contributed by atoms with Gasteiger partial charge in [0.2, 0.25) is 0 Å². The lowest BCUT2D eigenvalue weighted by molar-refractivity contribution is 0.715. The van der Waals surface area contributed by atoms with E-state index in [4.69, 9.17) is 5.73 Å². The molecule has 1 heterocycles. The lowest BCUT2D eigenvalue weighted by Gasteiger charge is -2.09. The number of hydrogen-bond donors (Lipinski definition) is 1. The van der Waals surface area contributed by atoms with Crippen LogP contribution in [0.25, 0.3) is 0 Å². The second-order valence-corrected chi connectivity index (χ2v) is 6.15. The first-order chi connectivity index (χ1) is 8.24. The molecular weight excluding hydrogens is 230 g/mol. The highest BCUT2D eigenvalue weighted by Crippen LogP contribution is 2.30. The second kappa shape index (κ2) is 6.36. The third kappa shape index (κ3) is 4.28. The van der Waals surface area contributed by atoms with E-state index in [9.17, 15) is 0 Å². The molecule has 0 spiro atoms. The fourth-order valence-electron chi connectivity index (χ4n) is 2.20. The average molecular weight is 251 g/mol. The van der Waals surface area contributed by atoms with Crippen molar-refractivity contribution < 1.29 is 0 Å². The average Bonchev–Trinajstić information content (AvgIpc) is 2.79. The van der Waals surface area contributed by atoms with Crippen LogP contribution < -0.4 is 5.73 Å². The van der Waals surface area contributed by atoms with Gasteiger partial charge in [0.15, 0.2) is 0 Å². The Morgan fingerprint density at radius 2 is 2.24 bits per heavy atom. The van der Waals surface area contributed by atoms with Crippen molar-refractivity contribution in [3.05, 3.63) is 23.8 Å². The van der Waals surface area contributed by atoms with E-state index in [1.165, 1.54) is 25.7 Å². The van der Waals surface area contributed by atoms with Gasteiger partial charge in [-0.2, -0.15) is 11.8 Å². The van der Waals surface area contributed by atoms with Crippen LogP contribution in [0.5, 0.6) is 0 Å². The zero-order valence-corrected chi connectivity index (χ0v) is 11.2. The Morgan fingerprint density at radius 1 is 1.47 bits per heavy atom. The van der Waals surface area contributed by atoms with Crippen LogP contribution in [-0.4, -0.2) is 21.3 Å². The molecular formula is C13H21N3S. The predicted octanol–water partition coefficient (Wildman–Crippen LogP) is 2.54. The molecule has 1 aliphatic rings. The molecule has 0 amide bonds. The second-order valence-electron chi connectivity index (χ2n) is 4.86. The standard InChI is InChI=1S/C13H21N3S/c1-10(14)8-11-6-7-15-13(16-11)9-17-12-4-2-3-5-12/h6-7,10,12H,2-5,8-9,14H2,1H3. The zero-order valence-electron chi connectivity index (χ0n) is 10.4. The highest BCUT2D eigenvalue weighted by atomic mass is 32.2. The van der Waals surface area contributed by atoms with Gasteiger partial charge in [-0.15, -0.1) is 0 Å². The van der Waals surface area contributed by atoms with Crippen LogP contribution in [0, 0.1) is 0 Å². The van der Waals surface area contributed by atoms with E-state index in [0.29, 0.717) is 0 Å². The molecule has 0 saturated heterocycles. The lowest BCUT2D eigenvalue weighted by Crippen LogP contribution is -2.18. The molecule has 0 radical (unpaired) electrons. The number of hydrogen-bond acceptors (Lipinski definition) is 4. The van der Waals surface area contributed by atoms with Gasteiger partial charge in [0, 0.05) is 29.6 Å². The molecule has 0 aromatic carbocycles. The van der Waals surface area contributed by atoms with Crippen LogP contribution >= 0.6 is 11.8 Å². The zero-order chi connectivity index (χ0) is 12.1. The molecule has 1 aromatic rings. The minimum absolute atomic E-state index is 0.167. The number of nitrogens with zero attached hydrogens (tertiary/aromatic N) is 2. The van der Waals surface area contributed by atoms with Crippen molar-refractivity contribution in [1.82, 2.24) is 9.97 Å². The minimum Gasteiger partial charge on any atom is -0.328 e. The quantitative estimate of drug-likeness (QED) is 0.873. The molecule has 1 atom stereocenters. The van der Waals surface area contributed by atoms with Crippen LogP contribution in [0.3, 0.4) is 0 Å². The van der Waals surface area contributed by atoms with E-state index >= 15 is 0 Å². The van der Waals surface area contributed by atoms with Gasteiger partial charge >= 0.3 is 0 Å². The van der Waals surface area contributed by atoms with Gasteiger partial charge in [-0.05, 0) is 25.8 Å². The van der Waals surface area contributed by atoms with Gasteiger partial charge in [-0.1, -0.05) is 12.8 Å². The van der Waals surface area contributed by atoms with E-state index in [2.05, 4.69) is 9.97 Å². The summed E-state index contributed by atoms with van der Waals surface area (Å²) < 4.78 is 0. The summed E-state index contributed by atoms with van der Waals surface area (Å²) in [4.78, 5) is 8.90. The molecule has 1 fully saturated rings. The lowest BCUT2D eigenvalue weighted by atomic mass is 10.2. The monoisotopic (exact) mass is 251 g/mol. The molecule has 94 valence electrons. The van der Waals surface area contributed by atoms with Gasteiger partial charge in [0.25, 0.3) is 0 Å². The first kappa shape index (κ1) is 12.8. The Bertz CT molecular complexity index is 348. The molecule has 2 N–H and O–H groups in total. The fourth-order valence-corrected chi connectivity index (χ4v) is 3.39. The third-order valence-electron chi connectivity index (χ3n) is 3.04. The molecule has 1 unspecified atom stereocenters. The molecule has 4 heteroatoms. The molecule has 17 heavy (non-hydrogen) atoms. The van der Waals surface area contributed by atoms with Crippen LogP contribution in [-0.2, 0) is 12.2 Å². The molecule has 3 nitrogen and oxygen atoms in total.